The standard InChI is InChI=1S/C17H34O/c1-3-5-7-9-13-17(15-11-12-16-18)14-10-8-6-4-2/h15,18H,3-14,16H2,1-2H3. The first-order chi connectivity index (χ1) is 8.85. The van der Waals surface area contributed by atoms with E-state index in [0.717, 1.165) is 12.8 Å². The van der Waals surface area contributed by atoms with Crippen molar-refractivity contribution >= 4 is 0 Å². The number of allylic oxidation sites excluding steroid dienone is 2. The number of aliphatic hydroxyl groups excluding tert-OH is 1. The third-order valence-corrected chi connectivity index (χ3v) is 3.50. The molecule has 0 fully saturated rings. The molecule has 0 aromatic heterocycles. The van der Waals surface area contributed by atoms with Crippen molar-refractivity contribution in [3.05, 3.63) is 11.6 Å². The van der Waals surface area contributed by atoms with E-state index < -0.39 is 0 Å². The summed E-state index contributed by atoms with van der Waals surface area (Å²) in [5, 5.41) is 8.84. The van der Waals surface area contributed by atoms with Crippen molar-refractivity contribution in [1.29, 1.82) is 0 Å². The van der Waals surface area contributed by atoms with Crippen LogP contribution in [-0.4, -0.2) is 11.7 Å². The summed E-state index contributed by atoms with van der Waals surface area (Å²) in [4.78, 5) is 0. The van der Waals surface area contributed by atoms with Crippen molar-refractivity contribution in [1.82, 2.24) is 0 Å². The molecule has 108 valence electrons. The lowest BCUT2D eigenvalue weighted by Gasteiger charge is -2.08. The molecular weight excluding hydrogens is 220 g/mol. The van der Waals surface area contributed by atoms with E-state index in [4.69, 9.17) is 5.11 Å². The Morgan fingerprint density at radius 3 is 1.78 bits per heavy atom. The number of aliphatic hydroxyl groups is 1. The summed E-state index contributed by atoms with van der Waals surface area (Å²) in [5.41, 5.74) is 1.65. The normalized spacial score (nSPS) is 10.6. The van der Waals surface area contributed by atoms with Gasteiger partial charge >= 0.3 is 0 Å². The van der Waals surface area contributed by atoms with Crippen LogP contribution in [0.1, 0.15) is 90.9 Å². The predicted octanol–water partition coefficient (Wildman–Crippen LogP) is 5.63. The minimum atomic E-state index is 0.329. The summed E-state index contributed by atoms with van der Waals surface area (Å²) in [6.07, 6.45) is 17.8. The third kappa shape index (κ3) is 12.2. The number of hydrogen-bond donors (Lipinski definition) is 1. The SMILES string of the molecule is CCCCCCC(=CCCCO)CCCCCC. The molecule has 0 aromatic rings. The molecule has 0 heterocycles. The van der Waals surface area contributed by atoms with Crippen LogP contribution in [0.5, 0.6) is 0 Å². The quantitative estimate of drug-likeness (QED) is 0.334. The lowest BCUT2D eigenvalue weighted by molar-refractivity contribution is 0.289. The predicted molar refractivity (Wildman–Crippen MR) is 81.9 cm³/mol. The van der Waals surface area contributed by atoms with Gasteiger partial charge < -0.3 is 5.11 Å². The van der Waals surface area contributed by atoms with E-state index in [1.165, 1.54) is 64.2 Å². The van der Waals surface area contributed by atoms with Crippen LogP contribution < -0.4 is 0 Å². The minimum absolute atomic E-state index is 0.329. The first kappa shape index (κ1) is 17.7. The highest BCUT2D eigenvalue weighted by atomic mass is 16.2. The van der Waals surface area contributed by atoms with Gasteiger partial charge in [0.05, 0.1) is 0 Å². The van der Waals surface area contributed by atoms with Gasteiger partial charge in [0.15, 0.2) is 0 Å². The van der Waals surface area contributed by atoms with E-state index in [0.29, 0.717) is 6.61 Å². The molecule has 0 atom stereocenters. The van der Waals surface area contributed by atoms with Crippen molar-refractivity contribution in [3.63, 3.8) is 0 Å². The summed E-state index contributed by atoms with van der Waals surface area (Å²) in [7, 11) is 0. The highest BCUT2D eigenvalue weighted by molar-refractivity contribution is 5.01. The molecule has 0 aliphatic rings. The molecule has 0 spiro atoms. The minimum Gasteiger partial charge on any atom is -0.396 e. The van der Waals surface area contributed by atoms with Crippen molar-refractivity contribution in [2.24, 2.45) is 0 Å². The fraction of sp³-hybridized carbons (Fsp3) is 0.882. The van der Waals surface area contributed by atoms with E-state index in [2.05, 4.69) is 19.9 Å². The molecule has 1 N–H and O–H groups in total. The topological polar surface area (TPSA) is 20.2 Å². The summed E-state index contributed by atoms with van der Waals surface area (Å²) in [6, 6.07) is 0. The number of hydrogen-bond acceptors (Lipinski definition) is 1. The lowest BCUT2D eigenvalue weighted by atomic mass is 9.99. The molecule has 0 saturated carbocycles. The Morgan fingerprint density at radius 2 is 1.33 bits per heavy atom. The summed E-state index contributed by atoms with van der Waals surface area (Å²) < 4.78 is 0. The van der Waals surface area contributed by atoms with Crippen LogP contribution >= 0.6 is 0 Å². The molecule has 0 radical (unpaired) electrons. The van der Waals surface area contributed by atoms with E-state index >= 15 is 0 Å². The Kier molecular flexibility index (Phi) is 14.5. The smallest absolute Gasteiger partial charge is 0.0433 e. The van der Waals surface area contributed by atoms with Crippen molar-refractivity contribution in [3.8, 4) is 0 Å². The van der Waals surface area contributed by atoms with Gasteiger partial charge in [0.2, 0.25) is 0 Å². The fourth-order valence-corrected chi connectivity index (χ4v) is 2.28. The van der Waals surface area contributed by atoms with Gasteiger partial charge in [-0.2, -0.15) is 0 Å². The average molecular weight is 254 g/mol. The molecule has 0 aromatic carbocycles. The molecule has 0 unspecified atom stereocenters. The van der Waals surface area contributed by atoms with Gasteiger partial charge in [0, 0.05) is 6.61 Å². The zero-order valence-corrected chi connectivity index (χ0v) is 12.7. The second kappa shape index (κ2) is 14.8. The molecular formula is C17H34O. The molecule has 1 heteroatoms. The molecule has 0 aliphatic carbocycles. The van der Waals surface area contributed by atoms with Crippen molar-refractivity contribution in [2.75, 3.05) is 6.61 Å². The van der Waals surface area contributed by atoms with Crippen LogP contribution in [0.4, 0.5) is 0 Å². The zero-order chi connectivity index (χ0) is 13.5. The number of rotatable bonds is 13. The Labute approximate surface area is 115 Å². The second-order valence-corrected chi connectivity index (χ2v) is 5.35. The van der Waals surface area contributed by atoms with Gasteiger partial charge in [-0.05, 0) is 38.5 Å². The number of unbranched alkanes of at least 4 members (excludes halogenated alkanes) is 7. The monoisotopic (exact) mass is 254 g/mol. The molecule has 0 bridgehead atoms. The lowest BCUT2D eigenvalue weighted by Crippen LogP contribution is -1.89. The Bertz CT molecular complexity index is 170. The highest BCUT2D eigenvalue weighted by Gasteiger charge is 1.98. The van der Waals surface area contributed by atoms with Gasteiger partial charge in [-0.1, -0.05) is 64.0 Å². The zero-order valence-electron chi connectivity index (χ0n) is 12.7. The first-order valence-corrected chi connectivity index (χ1v) is 8.13. The second-order valence-electron chi connectivity index (χ2n) is 5.35. The van der Waals surface area contributed by atoms with Crippen LogP contribution in [0.2, 0.25) is 0 Å². The fourth-order valence-electron chi connectivity index (χ4n) is 2.28. The van der Waals surface area contributed by atoms with Crippen molar-refractivity contribution < 1.29 is 5.11 Å². The third-order valence-electron chi connectivity index (χ3n) is 3.50. The molecule has 1 nitrogen and oxygen atoms in total. The average Bonchev–Trinajstić information content (AvgIpc) is 2.39. The van der Waals surface area contributed by atoms with Crippen LogP contribution in [0.3, 0.4) is 0 Å². The maximum absolute atomic E-state index is 8.84. The van der Waals surface area contributed by atoms with E-state index in [9.17, 15) is 0 Å². The van der Waals surface area contributed by atoms with Gasteiger partial charge in [-0.15, -0.1) is 0 Å². The molecule has 0 rings (SSSR count). The highest BCUT2D eigenvalue weighted by Crippen LogP contribution is 2.18. The van der Waals surface area contributed by atoms with Gasteiger partial charge in [0.1, 0.15) is 0 Å². The van der Waals surface area contributed by atoms with E-state index in [1.807, 2.05) is 0 Å². The van der Waals surface area contributed by atoms with Crippen LogP contribution in [0, 0.1) is 0 Å². The van der Waals surface area contributed by atoms with E-state index in [1.54, 1.807) is 5.57 Å². The molecule has 18 heavy (non-hydrogen) atoms. The van der Waals surface area contributed by atoms with Gasteiger partial charge in [0.25, 0.3) is 0 Å². The maximum atomic E-state index is 8.84. The summed E-state index contributed by atoms with van der Waals surface area (Å²) >= 11 is 0. The summed E-state index contributed by atoms with van der Waals surface area (Å²) in [6.45, 7) is 4.86. The molecule has 0 aliphatic heterocycles. The van der Waals surface area contributed by atoms with Crippen LogP contribution in [-0.2, 0) is 0 Å². The molecule has 0 amide bonds. The summed E-state index contributed by atoms with van der Waals surface area (Å²) in [5.74, 6) is 0. The Balaban J connectivity index is 3.80. The first-order valence-electron chi connectivity index (χ1n) is 8.13. The Hall–Kier alpha value is -0.300. The van der Waals surface area contributed by atoms with Crippen LogP contribution in [0.25, 0.3) is 0 Å². The van der Waals surface area contributed by atoms with Gasteiger partial charge in [-0.3, -0.25) is 0 Å². The van der Waals surface area contributed by atoms with E-state index in [-0.39, 0.29) is 0 Å². The largest absolute Gasteiger partial charge is 0.396 e. The maximum Gasteiger partial charge on any atom is 0.0433 e. The van der Waals surface area contributed by atoms with Gasteiger partial charge in [-0.25, -0.2) is 0 Å². The molecule has 0 saturated heterocycles. The van der Waals surface area contributed by atoms with Crippen LogP contribution in [0.15, 0.2) is 11.6 Å². The van der Waals surface area contributed by atoms with Crippen molar-refractivity contribution in [2.45, 2.75) is 90.9 Å². The Morgan fingerprint density at radius 1 is 0.778 bits per heavy atom.